The van der Waals surface area contributed by atoms with Crippen LogP contribution in [-0.4, -0.2) is 21.7 Å². The lowest BCUT2D eigenvalue weighted by Crippen LogP contribution is -2.58. The van der Waals surface area contributed by atoms with Gasteiger partial charge in [0.15, 0.2) is 0 Å². The van der Waals surface area contributed by atoms with Crippen LogP contribution in [0.4, 0.5) is 0 Å². The van der Waals surface area contributed by atoms with Crippen LogP contribution in [0.5, 0.6) is 0 Å². The molecule has 0 bridgehead atoms. The Bertz CT molecular complexity index is 275. The van der Waals surface area contributed by atoms with Crippen LogP contribution in [-0.2, 0) is 0 Å². The molecule has 2 rings (SSSR count). The van der Waals surface area contributed by atoms with Gasteiger partial charge in [-0.2, -0.15) is 0 Å². The molecule has 0 aromatic carbocycles. The van der Waals surface area contributed by atoms with Gasteiger partial charge in [-0.05, 0) is 37.5 Å². The zero-order chi connectivity index (χ0) is 11.8. The number of hydrogen-bond donors (Lipinski definition) is 1. The first kappa shape index (κ1) is 11.8. The normalized spacial score (nSPS) is 41.1. The van der Waals surface area contributed by atoms with Crippen molar-refractivity contribution in [3.05, 3.63) is 10.1 Å². The molecule has 2 saturated carbocycles. The maximum Gasteiger partial charge on any atom is 0.241 e. The van der Waals surface area contributed by atoms with E-state index in [4.69, 9.17) is 0 Å². The van der Waals surface area contributed by atoms with Crippen molar-refractivity contribution in [1.29, 1.82) is 0 Å². The zero-order valence-corrected chi connectivity index (χ0v) is 9.89. The molecule has 2 aliphatic carbocycles. The fourth-order valence-corrected chi connectivity index (χ4v) is 3.75. The van der Waals surface area contributed by atoms with Gasteiger partial charge in [0.2, 0.25) is 6.04 Å². The van der Waals surface area contributed by atoms with Gasteiger partial charge >= 0.3 is 0 Å². The van der Waals surface area contributed by atoms with Gasteiger partial charge in [0, 0.05) is 11.3 Å². The van der Waals surface area contributed by atoms with Crippen molar-refractivity contribution in [2.45, 2.75) is 63.5 Å². The van der Waals surface area contributed by atoms with Gasteiger partial charge in [-0.1, -0.05) is 19.8 Å². The summed E-state index contributed by atoms with van der Waals surface area (Å²) in [4.78, 5) is 10.9. The van der Waals surface area contributed by atoms with E-state index in [1.165, 1.54) is 0 Å². The second kappa shape index (κ2) is 4.32. The molecule has 3 unspecified atom stereocenters. The predicted octanol–water partition coefficient (Wildman–Crippen LogP) is 2.37. The number of hydrogen-bond acceptors (Lipinski definition) is 3. The number of rotatable bonds is 2. The molecule has 0 amide bonds. The smallest absolute Gasteiger partial charge is 0.241 e. The van der Waals surface area contributed by atoms with Crippen molar-refractivity contribution in [1.82, 2.24) is 0 Å². The van der Waals surface area contributed by atoms with Crippen molar-refractivity contribution in [3.63, 3.8) is 0 Å². The lowest BCUT2D eigenvalue weighted by Gasteiger charge is -2.43. The molecule has 16 heavy (non-hydrogen) atoms. The largest absolute Gasteiger partial charge is 0.382 e. The Labute approximate surface area is 96.2 Å². The molecule has 4 nitrogen and oxygen atoms in total. The molecule has 1 N–H and O–H groups in total. The molecule has 2 aliphatic rings. The molecule has 0 radical (unpaired) electrons. The van der Waals surface area contributed by atoms with Crippen LogP contribution in [0.3, 0.4) is 0 Å². The lowest BCUT2D eigenvalue weighted by molar-refractivity contribution is -0.556. The Hall–Kier alpha value is -0.640. The molecule has 4 heteroatoms. The highest BCUT2D eigenvalue weighted by atomic mass is 16.6. The minimum Gasteiger partial charge on any atom is -0.382 e. The Kier molecular flexibility index (Phi) is 3.19. The Balaban J connectivity index is 2.25. The summed E-state index contributed by atoms with van der Waals surface area (Å²) >= 11 is 0. The van der Waals surface area contributed by atoms with Crippen LogP contribution in [0.25, 0.3) is 0 Å². The van der Waals surface area contributed by atoms with E-state index in [9.17, 15) is 15.2 Å². The Morgan fingerprint density at radius 2 is 1.81 bits per heavy atom. The van der Waals surface area contributed by atoms with Gasteiger partial charge in [0.05, 0.1) is 0 Å². The van der Waals surface area contributed by atoms with Crippen molar-refractivity contribution in [2.75, 3.05) is 0 Å². The van der Waals surface area contributed by atoms with Crippen molar-refractivity contribution in [3.8, 4) is 0 Å². The van der Waals surface area contributed by atoms with E-state index in [1.54, 1.807) is 0 Å². The van der Waals surface area contributed by atoms with Crippen LogP contribution in [0, 0.1) is 22.0 Å². The number of nitrogens with zero attached hydrogens (tertiary/aromatic N) is 1. The zero-order valence-electron chi connectivity index (χ0n) is 9.89. The fraction of sp³-hybridized carbons (Fsp3) is 1.00. The highest BCUT2D eigenvalue weighted by Gasteiger charge is 2.56. The molecule has 0 aromatic heterocycles. The average Bonchev–Trinajstić information content (AvgIpc) is 2.75. The van der Waals surface area contributed by atoms with E-state index in [2.05, 4.69) is 0 Å². The third-order valence-corrected chi connectivity index (χ3v) is 4.70. The van der Waals surface area contributed by atoms with Crippen LogP contribution >= 0.6 is 0 Å². The van der Waals surface area contributed by atoms with E-state index in [0.717, 1.165) is 38.5 Å². The van der Waals surface area contributed by atoms with E-state index in [0.29, 0.717) is 6.42 Å². The summed E-state index contributed by atoms with van der Waals surface area (Å²) in [5, 5.41) is 21.9. The first-order valence-corrected chi connectivity index (χ1v) is 6.42. The molecule has 2 fully saturated rings. The Morgan fingerprint density at radius 1 is 1.19 bits per heavy atom. The van der Waals surface area contributed by atoms with E-state index < -0.39 is 11.6 Å². The maximum atomic E-state index is 11.1. The molecule has 0 spiro atoms. The predicted molar refractivity (Wildman–Crippen MR) is 60.7 cm³/mol. The second-order valence-corrected chi connectivity index (χ2v) is 5.50. The van der Waals surface area contributed by atoms with Crippen molar-refractivity contribution >= 4 is 0 Å². The first-order valence-electron chi connectivity index (χ1n) is 6.42. The van der Waals surface area contributed by atoms with Crippen molar-refractivity contribution < 1.29 is 10.0 Å². The van der Waals surface area contributed by atoms with Gasteiger partial charge in [0.25, 0.3) is 0 Å². The van der Waals surface area contributed by atoms with Crippen LogP contribution < -0.4 is 0 Å². The minimum atomic E-state index is -1.04. The SMILES string of the molecule is CC1CCCC([N+](=O)[O-])C1(O)C1CCCC1. The van der Waals surface area contributed by atoms with Crippen molar-refractivity contribution in [2.24, 2.45) is 11.8 Å². The summed E-state index contributed by atoms with van der Waals surface area (Å²) in [6.07, 6.45) is 6.51. The van der Waals surface area contributed by atoms with Gasteiger partial charge < -0.3 is 5.11 Å². The summed E-state index contributed by atoms with van der Waals surface area (Å²) in [5.41, 5.74) is -1.04. The van der Waals surface area contributed by atoms with Crippen LogP contribution in [0.15, 0.2) is 0 Å². The lowest BCUT2D eigenvalue weighted by atomic mass is 9.66. The Morgan fingerprint density at radius 3 is 2.38 bits per heavy atom. The van der Waals surface area contributed by atoms with Crippen LogP contribution in [0.2, 0.25) is 0 Å². The molecule has 92 valence electrons. The highest BCUT2D eigenvalue weighted by Crippen LogP contribution is 2.46. The summed E-state index contributed by atoms with van der Waals surface area (Å²) in [6, 6.07) is -0.737. The molecular formula is C12H21NO3. The summed E-state index contributed by atoms with van der Waals surface area (Å²) in [6.45, 7) is 1.98. The highest BCUT2D eigenvalue weighted by molar-refractivity contribution is 5.00. The van der Waals surface area contributed by atoms with E-state index in [-0.39, 0.29) is 16.8 Å². The third kappa shape index (κ3) is 1.73. The molecule has 3 atom stereocenters. The van der Waals surface area contributed by atoms with E-state index in [1.807, 2.05) is 6.92 Å². The maximum absolute atomic E-state index is 11.1. The monoisotopic (exact) mass is 227 g/mol. The van der Waals surface area contributed by atoms with Gasteiger partial charge in [0.1, 0.15) is 5.60 Å². The molecular weight excluding hydrogens is 206 g/mol. The van der Waals surface area contributed by atoms with Gasteiger partial charge in [-0.25, -0.2) is 0 Å². The van der Waals surface area contributed by atoms with E-state index >= 15 is 0 Å². The third-order valence-electron chi connectivity index (χ3n) is 4.70. The second-order valence-electron chi connectivity index (χ2n) is 5.50. The topological polar surface area (TPSA) is 63.4 Å². The quantitative estimate of drug-likeness (QED) is 0.582. The van der Waals surface area contributed by atoms with Gasteiger partial charge in [-0.15, -0.1) is 0 Å². The number of aliphatic hydroxyl groups is 1. The first-order chi connectivity index (χ1) is 7.56. The molecule has 0 heterocycles. The molecule has 0 saturated heterocycles. The fourth-order valence-electron chi connectivity index (χ4n) is 3.75. The molecule has 0 aliphatic heterocycles. The average molecular weight is 227 g/mol. The standard InChI is InChI=1S/C12H21NO3/c1-9-5-4-8-11(13(15)16)12(9,14)10-6-2-3-7-10/h9-11,14H,2-8H2,1H3. The van der Waals surface area contributed by atoms with Gasteiger partial charge in [-0.3, -0.25) is 10.1 Å². The minimum absolute atomic E-state index is 0.0692. The van der Waals surface area contributed by atoms with Crippen LogP contribution in [0.1, 0.15) is 51.9 Å². The summed E-state index contributed by atoms with van der Waals surface area (Å²) in [7, 11) is 0. The number of nitro groups is 1. The molecule has 0 aromatic rings. The summed E-state index contributed by atoms with van der Waals surface area (Å²) in [5.74, 6) is 0.220. The summed E-state index contributed by atoms with van der Waals surface area (Å²) < 4.78 is 0.